The van der Waals surface area contributed by atoms with Crippen molar-refractivity contribution >= 4 is 5.91 Å². The molecule has 1 aromatic carbocycles. The molecule has 7 heteroatoms. The van der Waals surface area contributed by atoms with Crippen LogP contribution in [0.1, 0.15) is 55.8 Å². The molecule has 0 saturated heterocycles. The minimum absolute atomic E-state index is 0.00223. The molecule has 7 nitrogen and oxygen atoms in total. The van der Waals surface area contributed by atoms with Gasteiger partial charge in [0, 0.05) is 0 Å². The second-order valence-electron chi connectivity index (χ2n) is 5.25. The molecule has 0 aliphatic heterocycles. The highest BCUT2D eigenvalue weighted by molar-refractivity contribution is 5.97. The molecule has 22 heavy (non-hydrogen) atoms. The van der Waals surface area contributed by atoms with Crippen molar-refractivity contribution in [3.05, 3.63) is 35.7 Å². The number of ether oxygens (including phenoxy) is 1. The van der Waals surface area contributed by atoms with E-state index >= 15 is 0 Å². The average Bonchev–Trinajstić information content (AvgIpc) is 3.00. The summed E-state index contributed by atoms with van der Waals surface area (Å²) in [5.41, 5.74) is 0.501. The highest BCUT2D eigenvalue weighted by atomic mass is 16.5. The number of tetrazole rings is 1. The van der Waals surface area contributed by atoms with E-state index in [2.05, 4.69) is 25.9 Å². The zero-order valence-electron chi connectivity index (χ0n) is 13.0. The van der Waals surface area contributed by atoms with Crippen LogP contribution in [0.3, 0.4) is 0 Å². The first-order chi connectivity index (χ1) is 10.6. The molecule has 0 fully saturated rings. The Morgan fingerprint density at radius 3 is 2.77 bits per heavy atom. The molecular weight excluding hydrogens is 282 g/mol. The first-order valence-electron chi connectivity index (χ1n) is 7.41. The Labute approximate surface area is 129 Å². The smallest absolute Gasteiger partial charge is 0.255 e. The van der Waals surface area contributed by atoms with Crippen molar-refractivity contribution < 1.29 is 9.53 Å². The monoisotopic (exact) mass is 303 g/mol. The van der Waals surface area contributed by atoms with Gasteiger partial charge in [0.15, 0.2) is 5.82 Å². The van der Waals surface area contributed by atoms with Gasteiger partial charge in [-0.1, -0.05) is 30.7 Å². The number of carbonyl (C=O) groups is 1. The van der Waals surface area contributed by atoms with E-state index in [1.807, 2.05) is 32.9 Å². The highest BCUT2D eigenvalue weighted by Gasteiger charge is 2.21. The van der Waals surface area contributed by atoms with E-state index in [0.717, 1.165) is 12.8 Å². The van der Waals surface area contributed by atoms with E-state index in [4.69, 9.17) is 4.74 Å². The summed E-state index contributed by atoms with van der Waals surface area (Å²) < 4.78 is 5.69. The Balaban J connectivity index is 2.17. The molecule has 1 atom stereocenters. The molecule has 1 heterocycles. The molecule has 1 unspecified atom stereocenters. The number of para-hydroxylation sites is 1. The summed E-state index contributed by atoms with van der Waals surface area (Å²) in [4.78, 5) is 12.6. The van der Waals surface area contributed by atoms with E-state index in [9.17, 15) is 4.79 Å². The lowest BCUT2D eigenvalue weighted by atomic mass is 10.1. The quantitative estimate of drug-likeness (QED) is 0.818. The van der Waals surface area contributed by atoms with Crippen LogP contribution in [0.4, 0.5) is 0 Å². The van der Waals surface area contributed by atoms with Crippen molar-refractivity contribution in [2.45, 2.75) is 45.8 Å². The third kappa shape index (κ3) is 4.03. The fraction of sp³-hybridized carbons (Fsp3) is 0.467. The number of carbonyl (C=O) groups excluding carboxylic acids is 1. The largest absolute Gasteiger partial charge is 0.490 e. The van der Waals surface area contributed by atoms with Crippen LogP contribution in [0.15, 0.2) is 24.3 Å². The zero-order chi connectivity index (χ0) is 15.9. The SMILES string of the molecule is CCCC(NC(=O)c1ccccc1OC(C)C)c1nn[nH]n1. The molecule has 2 rings (SSSR count). The average molecular weight is 303 g/mol. The Morgan fingerprint density at radius 1 is 1.36 bits per heavy atom. The Morgan fingerprint density at radius 2 is 2.14 bits per heavy atom. The van der Waals surface area contributed by atoms with E-state index in [1.54, 1.807) is 12.1 Å². The number of nitrogens with zero attached hydrogens (tertiary/aromatic N) is 3. The van der Waals surface area contributed by atoms with Gasteiger partial charge in [0.1, 0.15) is 5.75 Å². The fourth-order valence-electron chi connectivity index (χ4n) is 2.12. The topological polar surface area (TPSA) is 92.8 Å². The molecule has 0 spiro atoms. The number of aromatic nitrogens is 4. The molecule has 1 amide bonds. The minimum atomic E-state index is -0.275. The molecule has 0 aliphatic rings. The van der Waals surface area contributed by atoms with Gasteiger partial charge >= 0.3 is 0 Å². The maximum absolute atomic E-state index is 12.6. The van der Waals surface area contributed by atoms with Crippen LogP contribution in [-0.4, -0.2) is 32.6 Å². The molecule has 0 aliphatic carbocycles. The predicted molar refractivity (Wildman–Crippen MR) is 81.5 cm³/mol. The summed E-state index contributed by atoms with van der Waals surface area (Å²) in [6.07, 6.45) is 1.62. The minimum Gasteiger partial charge on any atom is -0.490 e. The molecule has 2 aromatic rings. The molecule has 118 valence electrons. The van der Waals surface area contributed by atoms with Crippen molar-refractivity contribution in [2.75, 3.05) is 0 Å². The molecule has 0 bridgehead atoms. The van der Waals surface area contributed by atoms with Gasteiger partial charge in [-0.05, 0) is 32.4 Å². The summed E-state index contributed by atoms with van der Waals surface area (Å²) in [5.74, 6) is 0.843. The summed E-state index contributed by atoms with van der Waals surface area (Å²) in [7, 11) is 0. The van der Waals surface area contributed by atoms with Crippen LogP contribution < -0.4 is 10.1 Å². The van der Waals surface area contributed by atoms with Gasteiger partial charge in [0.05, 0.1) is 17.7 Å². The van der Waals surface area contributed by atoms with Gasteiger partial charge in [-0.15, -0.1) is 10.2 Å². The number of nitrogens with one attached hydrogen (secondary N) is 2. The lowest BCUT2D eigenvalue weighted by Gasteiger charge is -2.17. The van der Waals surface area contributed by atoms with E-state index < -0.39 is 0 Å². The Hall–Kier alpha value is -2.44. The first kappa shape index (κ1) is 15.9. The van der Waals surface area contributed by atoms with Crippen molar-refractivity contribution in [1.29, 1.82) is 0 Å². The lowest BCUT2D eigenvalue weighted by Crippen LogP contribution is -2.30. The van der Waals surface area contributed by atoms with E-state index in [-0.39, 0.29) is 18.1 Å². The molecule has 1 aromatic heterocycles. The highest BCUT2D eigenvalue weighted by Crippen LogP contribution is 2.21. The number of benzene rings is 1. The summed E-state index contributed by atoms with van der Waals surface area (Å²) in [5, 5.41) is 16.8. The third-order valence-corrected chi connectivity index (χ3v) is 3.05. The fourth-order valence-corrected chi connectivity index (χ4v) is 2.12. The van der Waals surface area contributed by atoms with Crippen LogP contribution in [0.2, 0.25) is 0 Å². The number of hydrogen-bond acceptors (Lipinski definition) is 5. The molecular formula is C15H21N5O2. The molecule has 0 radical (unpaired) electrons. The number of hydrogen-bond donors (Lipinski definition) is 2. The van der Waals surface area contributed by atoms with Gasteiger partial charge in [-0.2, -0.15) is 5.21 Å². The number of H-pyrrole nitrogens is 1. The van der Waals surface area contributed by atoms with Gasteiger partial charge in [0.25, 0.3) is 5.91 Å². The van der Waals surface area contributed by atoms with Crippen LogP contribution >= 0.6 is 0 Å². The van der Waals surface area contributed by atoms with Gasteiger partial charge < -0.3 is 10.1 Å². The van der Waals surface area contributed by atoms with Crippen molar-refractivity contribution in [3.63, 3.8) is 0 Å². The van der Waals surface area contributed by atoms with Crippen molar-refractivity contribution in [2.24, 2.45) is 0 Å². The van der Waals surface area contributed by atoms with Gasteiger partial charge in [-0.3, -0.25) is 4.79 Å². The van der Waals surface area contributed by atoms with Gasteiger partial charge in [-0.25, -0.2) is 0 Å². The summed E-state index contributed by atoms with van der Waals surface area (Å²) >= 11 is 0. The number of aromatic amines is 1. The Kier molecular flexibility index (Phi) is 5.46. The molecule has 0 saturated carbocycles. The second kappa shape index (κ2) is 7.53. The van der Waals surface area contributed by atoms with Crippen LogP contribution in [0.5, 0.6) is 5.75 Å². The lowest BCUT2D eigenvalue weighted by molar-refractivity contribution is 0.0926. The van der Waals surface area contributed by atoms with Crippen LogP contribution in [0, 0.1) is 0 Å². The maximum atomic E-state index is 12.6. The zero-order valence-corrected chi connectivity index (χ0v) is 13.0. The van der Waals surface area contributed by atoms with E-state index in [1.165, 1.54) is 0 Å². The summed E-state index contributed by atoms with van der Waals surface area (Å²) in [6.45, 7) is 5.89. The normalized spacial score (nSPS) is 12.2. The van der Waals surface area contributed by atoms with Gasteiger partial charge in [0.2, 0.25) is 0 Å². The maximum Gasteiger partial charge on any atom is 0.255 e. The third-order valence-electron chi connectivity index (χ3n) is 3.05. The Bertz CT molecular complexity index is 598. The summed E-state index contributed by atoms with van der Waals surface area (Å²) in [6, 6.07) is 6.91. The predicted octanol–water partition coefficient (Wildman–Crippen LogP) is 2.26. The van der Waals surface area contributed by atoms with Crippen LogP contribution in [-0.2, 0) is 0 Å². The van der Waals surface area contributed by atoms with Crippen LogP contribution in [0.25, 0.3) is 0 Å². The second-order valence-corrected chi connectivity index (χ2v) is 5.25. The number of rotatable bonds is 7. The van der Waals surface area contributed by atoms with Crippen molar-refractivity contribution in [3.8, 4) is 5.75 Å². The van der Waals surface area contributed by atoms with E-state index in [0.29, 0.717) is 17.1 Å². The van der Waals surface area contributed by atoms with Crippen molar-refractivity contribution in [1.82, 2.24) is 25.9 Å². The number of amides is 1. The first-order valence-corrected chi connectivity index (χ1v) is 7.41. The standard InChI is InChI=1S/C15H21N5O2/c1-4-7-12(14-17-19-20-18-14)16-15(21)11-8-5-6-9-13(11)22-10(2)3/h5-6,8-10,12H,4,7H2,1-3H3,(H,16,21)(H,17,18,19,20). The molecule has 2 N–H and O–H groups in total.